The Hall–Kier alpha value is -3.50. The van der Waals surface area contributed by atoms with Crippen LogP contribution in [0.2, 0.25) is 5.02 Å². The number of benzene rings is 2. The number of aromatic nitrogens is 4. The molecule has 1 aliphatic heterocycles. The third kappa shape index (κ3) is 6.68. The van der Waals surface area contributed by atoms with Crippen LogP contribution in [0.1, 0.15) is 31.2 Å². The van der Waals surface area contributed by atoms with E-state index in [-0.39, 0.29) is 29.9 Å². The van der Waals surface area contributed by atoms with Crippen molar-refractivity contribution >= 4 is 29.2 Å². The van der Waals surface area contributed by atoms with Gasteiger partial charge >= 0.3 is 6.03 Å². The Labute approximate surface area is 227 Å². The van der Waals surface area contributed by atoms with Crippen LogP contribution in [0.3, 0.4) is 0 Å². The van der Waals surface area contributed by atoms with Crippen molar-refractivity contribution in [1.29, 1.82) is 0 Å². The summed E-state index contributed by atoms with van der Waals surface area (Å²) >= 11 is 6.02. The normalized spacial score (nSPS) is 22.1. The summed E-state index contributed by atoms with van der Waals surface area (Å²) in [6.07, 6.45) is 4.93. The van der Waals surface area contributed by atoms with Crippen LogP contribution >= 0.6 is 11.6 Å². The maximum absolute atomic E-state index is 13.0. The van der Waals surface area contributed by atoms with E-state index in [1.54, 1.807) is 11.7 Å². The summed E-state index contributed by atoms with van der Waals surface area (Å²) in [5.41, 5.74) is 2.64. The predicted molar refractivity (Wildman–Crippen MR) is 146 cm³/mol. The van der Waals surface area contributed by atoms with Gasteiger partial charge in [0.15, 0.2) is 5.82 Å². The number of hydrogen-bond acceptors (Lipinski definition) is 6. The van der Waals surface area contributed by atoms with Crippen molar-refractivity contribution in [2.45, 2.75) is 44.2 Å². The van der Waals surface area contributed by atoms with Gasteiger partial charge in [0.2, 0.25) is 5.91 Å². The minimum absolute atomic E-state index is 0.0475. The number of rotatable bonds is 7. The molecule has 0 spiro atoms. The van der Waals surface area contributed by atoms with Crippen LogP contribution in [-0.2, 0) is 18.3 Å². The highest BCUT2D eigenvalue weighted by Gasteiger charge is 2.32. The molecular weight excluding hydrogens is 504 g/mol. The third-order valence-electron chi connectivity index (χ3n) is 7.32. The molecule has 3 aromatic rings. The molecule has 11 heteroatoms. The number of tetrazole rings is 1. The lowest BCUT2D eigenvalue weighted by molar-refractivity contribution is -0.125. The summed E-state index contributed by atoms with van der Waals surface area (Å²) in [5.74, 6) is 0.959. The van der Waals surface area contributed by atoms with E-state index in [0.29, 0.717) is 23.1 Å². The average molecular weight is 537 g/mol. The lowest BCUT2D eigenvalue weighted by atomic mass is 9.84. The fraction of sp³-hybridized carbons (Fsp3) is 0.444. The van der Waals surface area contributed by atoms with Crippen LogP contribution in [0.4, 0.5) is 10.5 Å². The van der Waals surface area contributed by atoms with E-state index >= 15 is 0 Å². The first-order chi connectivity index (χ1) is 18.4. The van der Waals surface area contributed by atoms with Gasteiger partial charge in [0, 0.05) is 48.5 Å². The standard InChI is InChI=1S/C27H33ClN8O2/c1-35-26(32-33-34-35)19-6-4-7-22(14-19)30-27(38)31-24-8-3-2-5-20(24)15-36-16-23(29-25(37)17-36)13-18-9-11-21(28)12-10-18/h4,6-7,9-12,14,20,23-24H,2-3,5,8,13,15-17H2,1H3,(H,29,37)(H2,30,31,38)/t20-,23-,24+/m0/s1. The smallest absolute Gasteiger partial charge is 0.319 e. The van der Waals surface area contributed by atoms with Gasteiger partial charge < -0.3 is 16.0 Å². The van der Waals surface area contributed by atoms with Gasteiger partial charge in [-0.3, -0.25) is 9.69 Å². The molecule has 3 amide bonds. The Kier molecular flexibility index (Phi) is 8.19. The fourth-order valence-corrected chi connectivity index (χ4v) is 5.68. The zero-order valence-corrected chi connectivity index (χ0v) is 22.2. The number of nitrogens with zero attached hydrogens (tertiary/aromatic N) is 5. The first-order valence-electron chi connectivity index (χ1n) is 13.1. The number of amides is 3. The molecule has 200 valence electrons. The number of carbonyl (C=O) groups is 2. The minimum Gasteiger partial charge on any atom is -0.351 e. The summed E-state index contributed by atoms with van der Waals surface area (Å²) in [5, 5.41) is 21.6. The number of nitrogens with one attached hydrogen (secondary N) is 3. The molecule has 3 atom stereocenters. The van der Waals surface area contributed by atoms with E-state index < -0.39 is 0 Å². The molecule has 0 unspecified atom stereocenters. The van der Waals surface area contributed by atoms with Crippen molar-refractivity contribution in [3.63, 3.8) is 0 Å². The summed E-state index contributed by atoms with van der Waals surface area (Å²) < 4.78 is 1.59. The molecule has 1 aromatic heterocycles. The molecular formula is C27H33ClN8O2. The second-order valence-electron chi connectivity index (χ2n) is 10.2. The van der Waals surface area contributed by atoms with Gasteiger partial charge in [0.25, 0.3) is 0 Å². The van der Waals surface area contributed by atoms with Gasteiger partial charge in [-0.2, -0.15) is 0 Å². The Morgan fingerprint density at radius 2 is 1.97 bits per heavy atom. The van der Waals surface area contributed by atoms with E-state index in [0.717, 1.165) is 56.3 Å². The summed E-state index contributed by atoms with van der Waals surface area (Å²) in [4.78, 5) is 27.7. The van der Waals surface area contributed by atoms with Crippen molar-refractivity contribution in [2.75, 3.05) is 25.0 Å². The van der Waals surface area contributed by atoms with Crippen LogP contribution in [0.5, 0.6) is 0 Å². The van der Waals surface area contributed by atoms with Crippen molar-refractivity contribution in [1.82, 2.24) is 35.7 Å². The van der Waals surface area contributed by atoms with Crippen molar-refractivity contribution < 1.29 is 9.59 Å². The highest BCUT2D eigenvalue weighted by molar-refractivity contribution is 6.30. The molecule has 3 N–H and O–H groups in total. The maximum atomic E-state index is 13.0. The van der Waals surface area contributed by atoms with Crippen LogP contribution in [0, 0.1) is 5.92 Å². The number of anilines is 1. The SMILES string of the molecule is Cn1nnnc1-c1cccc(NC(=O)N[C@@H]2CCCC[C@H]2CN2CC(=O)N[C@@H](Cc3ccc(Cl)cc3)C2)c1. The molecule has 0 bridgehead atoms. The second kappa shape index (κ2) is 11.9. The molecule has 2 aliphatic rings. The number of piperazine rings is 1. The first-order valence-corrected chi connectivity index (χ1v) is 13.5. The summed E-state index contributed by atoms with van der Waals surface area (Å²) in [7, 11) is 1.78. The number of aryl methyl sites for hydroxylation is 1. The molecule has 0 radical (unpaired) electrons. The van der Waals surface area contributed by atoms with Gasteiger partial charge in [0.05, 0.1) is 6.54 Å². The first kappa shape index (κ1) is 26.1. The van der Waals surface area contributed by atoms with E-state index in [1.807, 2.05) is 48.5 Å². The predicted octanol–water partition coefficient (Wildman–Crippen LogP) is 3.25. The number of carbonyl (C=O) groups excluding carboxylic acids is 2. The molecule has 1 saturated heterocycles. The lowest BCUT2D eigenvalue weighted by Gasteiger charge is -2.39. The highest BCUT2D eigenvalue weighted by atomic mass is 35.5. The largest absolute Gasteiger partial charge is 0.351 e. The molecule has 2 heterocycles. The molecule has 2 aromatic carbocycles. The van der Waals surface area contributed by atoms with Crippen molar-refractivity contribution in [3.8, 4) is 11.4 Å². The number of halogens is 1. The Morgan fingerprint density at radius 1 is 1.16 bits per heavy atom. The number of urea groups is 1. The quantitative estimate of drug-likeness (QED) is 0.427. The molecule has 2 fully saturated rings. The maximum Gasteiger partial charge on any atom is 0.319 e. The third-order valence-corrected chi connectivity index (χ3v) is 7.58. The molecule has 10 nitrogen and oxygen atoms in total. The van der Waals surface area contributed by atoms with Gasteiger partial charge in [-0.25, -0.2) is 9.48 Å². The molecule has 38 heavy (non-hydrogen) atoms. The fourth-order valence-electron chi connectivity index (χ4n) is 5.55. The van der Waals surface area contributed by atoms with E-state index in [2.05, 4.69) is 36.4 Å². The second-order valence-corrected chi connectivity index (χ2v) is 10.7. The van der Waals surface area contributed by atoms with Crippen molar-refractivity contribution in [2.24, 2.45) is 13.0 Å². The Bertz CT molecular complexity index is 1260. The van der Waals surface area contributed by atoms with Crippen LogP contribution in [-0.4, -0.2) is 68.8 Å². The minimum atomic E-state index is -0.229. The van der Waals surface area contributed by atoms with Crippen LogP contribution in [0.15, 0.2) is 48.5 Å². The Morgan fingerprint density at radius 3 is 2.76 bits per heavy atom. The lowest BCUT2D eigenvalue weighted by Crippen LogP contribution is -2.57. The average Bonchev–Trinajstić information content (AvgIpc) is 3.32. The highest BCUT2D eigenvalue weighted by Crippen LogP contribution is 2.27. The van der Waals surface area contributed by atoms with Gasteiger partial charge in [-0.1, -0.05) is 48.7 Å². The van der Waals surface area contributed by atoms with E-state index in [1.165, 1.54) is 0 Å². The number of hydrogen-bond donors (Lipinski definition) is 3. The zero-order chi connectivity index (χ0) is 26.5. The van der Waals surface area contributed by atoms with Gasteiger partial charge in [0.1, 0.15) is 0 Å². The topological polar surface area (TPSA) is 117 Å². The van der Waals surface area contributed by atoms with Crippen molar-refractivity contribution in [3.05, 3.63) is 59.1 Å². The van der Waals surface area contributed by atoms with E-state index in [9.17, 15) is 9.59 Å². The van der Waals surface area contributed by atoms with Gasteiger partial charge in [-0.15, -0.1) is 5.10 Å². The molecule has 5 rings (SSSR count). The molecule has 1 saturated carbocycles. The molecule has 1 aliphatic carbocycles. The van der Waals surface area contributed by atoms with Crippen LogP contribution < -0.4 is 16.0 Å². The Balaban J connectivity index is 1.18. The summed E-state index contributed by atoms with van der Waals surface area (Å²) in [6.45, 7) is 1.95. The zero-order valence-electron chi connectivity index (χ0n) is 21.4. The van der Waals surface area contributed by atoms with E-state index in [4.69, 9.17) is 11.6 Å². The monoisotopic (exact) mass is 536 g/mol. The summed E-state index contributed by atoms with van der Waals surface area (Å²) in [6, 6.07) is 15.1. The van der Waals surface area contributed by atoms with Crippen LogP contribution in [0.25, 0.3) is 11.4 Å². The van der Waals surface area contributed by atoms with Gasteiger partial charge in [-0.05, 0) is 65.4 Å².